The molecule has 0 bridgehead atoms. The molecule has 0 saturated heterocycles. The summed E-state index contributed by atoms with van der Waals surface area (Å²) in [5.41, 5.74) is 5.71. The predicted molar refractivity (Wildman–Crippen MR) is 75.0 cm³/mol. The summed E-state index contributed by atoms with van der Waals surface area (Å²) in [6.45, 7) is 3.81. The molecule has 6 nitrogen and oxygen atoms in total. The van der Waals surface area contributed by atoms with Crippen LogP contribution in [0.1, 0.15) is 26.7 Å². The lowest BCUT2D eigenvalue weighted by Gasteiger charge is -2.14. The predicted octanol–water partition coefficient (Wildman–Crippen LogP) is 2.47. The minimum absolute atomic E-state index is 0.340. The van der Waals surface area contributed by atoms with Gasteiger partial charge in [-0.05, 0) is 25.5 Å². The van der Waals surface area contributed by atoms with Crippen molar-refractivity contribution in [3.63, 3.8) is 0 Å². The second kappa shape index (κ2) is 8.79. The average molecular weight is 280 g/mol. The van der Waals surface area contributed by atoms with Crippen LogP contribution in [-0.4, -0.2) is 24.8 Å². The Morgan fingerprint density at radius 3 is 2.60 bits per heavy atom. The molecule has 0 aliphatic heterocycles. The first-order valence-corrected chi connectivity index (χ1v) is 6.57. The van der Waals surface area contributed by atoms with E-state index in [4.69, 9.17) is 9.47 Å². The highest BCUT2D eigenvalue weighted by atomic mass is 16.6. The molecule has 0 unspecified atom stereocenters. The van der Waals surface area contributed by atoms with Gasteiger partial charge in [0.1, 0.15) is 0 Å². The normalized spacial score (nSPS) is 11.3. The molecule has 0 fully saturated rings. The largest absolute Gasteiger partial charge is 0.463 e. The Labute approximate surface area is 118 Å². The molecule has 110 valence electrons. The van der Waals surface area contributed by atoms with Crippen LogP contribution in [0.15, 0.2) is 30.3 Å². The number of ether oxygens (including phenoxy) is 2. The van der Waals surface area contributed by atoms with Crippen LogP contribution in [0, 0.1) is 0 Å². The quantitative estimate of drug-likeness (QED) is 0.456. The Morgan fingerprint density at radius 2 is 1.95 bits per heavy atom. The van der Waals surface area contributed by atoms with E-state index in [2.05, 4.69) is 10.9 Å². The molecule has 0 heterocycles. The monoisotopic (exact) mass is 280 g/mol. The molecule has 6 heteroatoms. The van der Waals surface area contributed by atoms with Gasteiger partial charge in [0.2, 0.25) is 0 Å². The van der Waals surface area contributed by atoms with Crippen LogP contribution in [-0.2, 0) is 14.3 Å². The van der Waals surface area contributed by atoms with Crippen molar-refractivity contribution in [2.24, 2.45) is 0 Å². The zero-order valence-electron chi connectivity index (χ0n) is 11.7. The summed E-state index contributed by atoms with van der Waals surface area (Å²) in [5.74, 6) is -0.548. The molecule has 0 aromatic heterocycles. The third-order valence-electron chi connectivity index (χ3n) is 2.44. The molecule has 0 saturated carbocycles. The van der Waals surface area contributed by atoms with E-state index in [9.17, 15) is 9.59 Å². The number of hydrogen-bond acceptors (Lipinski definition) is 5. The highest BCUT2D eigenvalue weighted by Gasteiger charge is 2.18. The van der Waals surface area contributed by atoms with E-state index >= 15 is 0 Å². The number of benzene rings is 1. The number of unbranched alkanes of at least 4 members (excludes halogenated alkanes) is 1. The van der Waals surface area contributed by atoms with Crippen LogP contribution in [0.2, 0.25) is 0 Å². The molecular formula is C14H20N2O4. The van der Waals surface area contributed by atoms with Crippen LogP contribution in [0.25, 0.3) is 0 Å². The van der Waals surface area contributed by atoms with Crippen LogP contribution in [0.4, 0.5) is 10.5 Å². The number of amides is 1. The Bertz CT molecular complexity index is 422. The molecule has 1 atom stereocenters. The van der Waals surface area contributed by atoms with Crippen LogP contribution in [0.3, 0.4) is 0 Å². The van der Waals surface area contributed by atoms with Crippen molar-refractivity contribution in [1.82, 2.24) is 5.43 Å². The summed E-state index contributed by atoms with van der Waals surface area (Å²) < 4.78 is 9.82. The van der Waals surface area contributed by atoms with Crippen molar-refractivity contribution in [2.45, 2.75) is 32.8 Å². The zero-order chi connectivity index (χ0) is 14.8. The zero-order valence-corrected chi connectivity index (χ0v) is 11.7. The van der Waals surface area contributed by atoms with Crippen LogP contribution >= 0.6 is 0 Å². The summed E-state index contributed by atoms with van der Waals surface area (Å²) in [4.78, 5) is 22.9. The van der Waals surface area contributed by atoms with E-state index in [1.54, 1.807) is 12.1 Å². The molecule has 1 rings (SSSR count). The van der Waals surface area contributed by atoms with Crippen LogP contribution in [0.5, 0.6) is 0 Å². The van der Waals surface area contributed by atoms with Gasteiger partial charge < -0.3 is 9.47 Å². The third kappa shape index (κ3) is 6.08. The van der Waals surface area contributed by atoms with Crippen molar-refractivity contribution < 1.29 is 19.1 Å². The lowest BCUT2D eigenvalue weighted by Crippen LogP contribution is -2.35. The molecule has 1 aromatic rings. The summed E-state index contributed by atoms with van der Waals surface area (Å²) in [6, 6.07) is 9.06. The van der Waals surface area contributed by atoms with Crippen molar-refractivity contribution >= 4 is 17.7 Å². The molecule has 2 N–H and O–H groups in total. The first-order valence-electron chi connectivity index (χ1n) is 6.57. The first-order chi connectivity index (χ1) is 9.63. The Morgan fingerprint density at radius 1 is 1.25 bits per heavy atom. The van der Waals surface area contributed by atoms with Gasteiger partial charge in [-0.25, -0.2) is 15.0 Å². The summed E-state index contributed by atoms with van der Waals surface area (Å²) in [7, 11) is 0. The van der Waals surface area contributed by atoms with Gasteiger partial charge in [0.25, 0.3) is 0 Å². The molecular weight excluding hydrogens is 260 g/mol. The molecule has 1 aromatic carbocycles. The number of para-hydroxylation sites is 1. The fourth-order valence-corrected chi connectivity index (χ4v) is 1.32. The summed E-state index contributed by atoms with van der Waals surface area (Å²) in [5, 5.41) is 0. The number of carbonyl (C=O) groups excluding carboxylic acids is 2. The number of rotatable bonds is 7. The molecule has 0 radical (unpaired) electrons. The van der Waals surface area contributed by atoms with Crippen molar-refractivity contribution in [1.29, 1.82) is 0 Å². The van der Waals surface area contributed by atoms with Crippen molar-refractivity contribution in [3.8, 4) is 0 Å². The number of hydrogen-bond donors (Lipinski definition) is 2. The number of hydrazine groups is 1. The fraction of sp³-hybridized carbons (Fsp3) is 0.429. The van der Waals surface area contributed by atoms with E-state index in [0.717, 1.165) is 12.8 Å². The lowest BCUT2D eigenvalue weighted by molar-refractivity contribution is -0.152. The Balaban J connectivity index is 2.25. The minimum atomic E-state index is -0.940. The lowest BCUT2D eigenvalue weighted by atomic mass is 10.3. The second-order valence-corrected chi connectivity index (χ2v) is 4.18. The smallest absolute Gasteiger partial charge is 0.426 e. The SMILES string of the molecule is CCCCOC(=O)[C@H](C)OC(=O)NNc1ccccc1. The maximum Gasteiger partial charge on any atom is 0.426 e. The van der Waals surface area contributed by atoms with Crippen molar-refractivity contribution in [2.75, 3.05) is 12.0 Å². The Kier molecular flexibility index (Phi) is 6.95. The number of nitrogens with one attached hydrogen (secondary N) is 2. The highest BCUT2D eigenvalue weighted by molar-refractivity contribution is 5.78. The molecule has 1 amide bonds. The molecule has 0 spiro atoms. The van der Waals surface area contributed by atoms with E-state index in [0.29, 0.717) is 12.3 Å². The topological polar surface area (TPSA) is 76.7 Å². The summed E-state index contributed by atoms with van der Waals surface area (Å²) >= 11 is 0. The summed E-state index contributed by atoms with van der Waals surface area (Å²) in [6.07, 6.45) is 0.0442. The van der Waals surface area contributed by atoms with Gasteiger partial charge in [-0.1, -0.05) is 31.5 Å². The third-order valence-corrected chi connectivity index (χ3v) is 2.44. The number of anilines is 1. The molecule has 0 aliphatic carbocycles. The minimum Gasteiger partial charge on any atom is -0.463 e. The van der Waals surface area contributed by atoms with E-state index in [-0.39, 0.29) is 0 Å². The van der Waals surface area contributed by atoms with Gasteiger partial charge in [0.15, 0.2) is 6.10 Å². The highest BCUT2D eigenvalue weighted by Crippen LogP contribution is 2.03. The van der Waals surface area contributed by atoms with Gasteiger partial charge >= 0.3 is 12.1 Å². The van der Waals surface area contributed by atoms with Gasteiger partial charge in [0.05, 0.1) is 12.3 Å². The van der Waals surface area contributed by atoms with Crippen molar-refractivity contribution in [3.05, 3.63) is 30.3 Å². The first kappa shape index (κ1) is 15.8. The molecule has 0 aliphatic rings. The van der Waals surface area contributed by atoms with Gasteiger partial charge in [-0.2, -0.15) is 0 Å². The fourth-order valence-electron chi connectivity index (χ4n) is 1.32. The maximum absolute atomic E-state index is 11.5. The maximum atomic E-state index is 11.5. The van der Waals surface area contributed by atoms with Gasteiger partial charge in [0, 0.05) is 0 Å². The van der Waals surface area contributed by atoms with Gasteiger partial charge in [-0.3, -0.25) is 5.43 Å². The van der Waals surface area contributed by atoms with Gasteiger partial charge in [-0.15, -0.1) is 0 Å². The number of esters is 1. The number of carbonyl (C=O) groups is 2. The second-order valence-electron chi connectivity index (χ2n) is 4.18. The van der Waals surface area contributed by atoms with Crippen LogP contribution < -0.4 is 10.9 Å². The Hall–Kier alpha value is -2.24. The average Bonchev–Trinajstić information content (AvgIpc) is 2.46. The standard InChI is InChI=1S/C14H20N2O4/c1-3-4-10-19-13(17)11(2)20-14(18)16-15-12-8-6-5-7-9-12/h5-9,11,15H,3-4,10H2,1-2H3,(H,16,18)/t11-/m0/s1. The molecule has 20 heavy (non-hydrogen) atoms. The van der Waals surface area contributed by atoms with E-state index in [1.807, 2.05) is 25.1 Å². The van der Waals surface area contributed by atoms with E-state index < -0.39 is 18.2 Å². The van der Waals surface area contributed by atoms with E-state index in [1.165, 1.54) is 6.92 Å².